The average Bonchev–Trinajstić information content (AvgIpc) is 2.65. The van der Waals surface area contributed by atoms with Crippen LogP contribution in [0.1, 0.15) is 36.7 Å². The summed E-state index contributed by atoms with van der Waals surface area (Å²) in [6.07, 6.45) is 1.92. The Morgan fingerprint density at radius 2 is 1.89 bits per heavy atom. The van der Waals surface area contributed by atoms with Crippen molar-refractivity contribution in [2.75, 3.05) is 19.1 Å². The molecule has 0 spiro atoms. The van der Waals surface area contributed by atoms with Gasteiger partial charge in [0.05, 0.1) is 35.0 Å². The standard InChI is InChI=1S/C21H24N4O2S/c1-21(2,3)13-10-14-16(17(22)15(13)19(23)26)18(25-20(24-14)28-5)11-7-6-8-12(9-11)27-4/h6-10H,22H2,1-5H3,(H2,23,26). The number of nitrogen functional groups attached to an aromatic ring is 1. The van der Waals surface area contributed by atoms with Crippen LogP contribution in [-0.4, -0.2) is 29.2 Å². The third-order valence-electron chi connectivity index (χ3n) is 4.59. The molecule has 1 amide bonds. The minimum absolute atomic E-state index is 0.306. The van der Waals surface area contributed by atoms with E-state index < -0.39 is 5.91 Å². The van der Waals surface area contributed by atoms with Gasteiger partial charge in [0.1, 0.15) is 5.75 Å². The average molecular weight is 397 g/mol. The first kappa shape index (κ1) is 19.9. The number of nitrogens with two attached hydrogens (primary N) is 2. The Morgan fingerprint density at radius 1 is 1.18 bits per heavy atom. The van der Waals surface area contributed by atoms with Gasteiger partial charge in [0.2, 0.25) is 0 Å². The van der Waals surface area contributed by atoms with Crippen LogP contribution in [0.2, 0.25) is 0 Å². The van der Waals surface area contributed by atoms with E-state index in [1.165, 1.54) is 11.8 Å². The van der Waals surface area contributed by atoms with E-state index in [1.54, 1.807) is 7.11 Å². The molecule has 0 unspecified atom stereocenters. The summed E-state index contributed by atoms with van der Waals surface area (Å²) in [6, 6.07) is 9.45. The van der Waals surface area contributed by atoms with Gasteiger partial charge in [-0.15, -0.1) is 0 Å². The second-order valence-electron chi connectivity index (χ2n) is 7.51. The van der Waals surface area contributed by atoms with E-state index in [9.17, 15) is 4.79 Å². The highest BCUT2D eigenvalue weighted by Crippen LogP contribution is 2.39. The number of hydrogen-bond donors (Lipinski definition) is 2. The Kier molecular flexibility index (Phi) is 5.21. The van der Waals surface area contributed by atoms with Gasteiger partial charge >= 0.3 is 0 Å². The number of carbonyl (C=O) groups is 1. The number of nitrogens with zero attached hydrogens (tertiary/aromatic N) is 2. The Bertz CT molecular complexity index is 1070. The first-order chi connectivity index (χ1) is 13.2. The fourth-order valence-corrected chi connectivity index (χ4v) is 3.61. The maximum absolute atomic E-state index is 12.3. The molecule has 0 aliphatic rings. The second kappa shape index (κ2) is 7.31. The monoisotopic (exact) mass is 396 g/mol. The van der Waals surface area contributed by atoms with Crippen molar-refractivity contribution in [1.82, 2.24) is 9.97 Å². The normalized spacial score (nSPS) is 11.6. The Balaban J connectivity index is 2.48. The van der Waals surface area contributed by atoms with Crippen molar-refractivity contribution in [3.8, 4) is 17.0 Å². The number of anilines is 1. The summed E-state index contributed by atoms with van der Waals surface area (Å²) in [4.78, 5) is 21.6. The molecule has 28 heavy (non-hydrogen) atoms. The maximum atomic E-state index is 12.3. The van der Waals surface area contributed by atoms with E-state index >= 15 is 0 Å². The van der Waals surface area contributed by atoms with Crippen molar-refractivity contribution >= 4 is 34.3 Å². The summed E-state index contributed by atoms with van der Waals surface area (Å²) in [5, 5.41) is 1.24. The minimum Gasteiger partial charge on any atom is -0.497 e. The van der Waals surface area contributed by atoms with Crippen molar-refractivity contribution in [3.05, 3.63) is 41.5 Å². The largest absolute Gasteiger partial charge is 0.497 e. The summed E-state index contributed by atoms with van der Waals surface area (Å²) in [5.74, 6) is 0.143. The van der Waals surface area contributed by atoms with Crippen molar-refractivity contribution in [1.29, 1.82) is 0 Å². The van der Waals surface area contributed by atoms with E-state index in [0.717, 1.165) is 11.1 Å². The minimum atomic E-state index is -0.560. The number of carbonyl (C=O) groups excluding carboxylic acids is 1. The van der Waals surface area contributed by atoms with Crippen molar-refractivity contribution in [2.24, 2.45) is 5.73 Å². The molecule has 2 aromatic carbocycles. The number of benzene rings is 2. The van der Waals surface area contributed by atoms with Crippen LogP contribution < -0.4 is 16.2 Å². The second-order valence-corrected chi connectivity index (χ2v) is 8.29. The summed E-state index contributed by atoms with van der Waals surface area (Å²) < 4.78 is 5.35. The highest BCUT2D eigenvalue weighted by atomic mass is 32.2. The molecule has 1 heterocycles. The number of hydrogen-bond acceptors (Lipinski definition) is 6. The summed E-state index contributed by atoms with van der Waals surface area (Å²) in [6.45, 7) is 6.04. The molecule has 146 valence electrons. The molecule has 1 aromatic heterocycles. The fourth-order valence-electron chi connectivity index (χ4n) is 3.23. The zero-order valence-corrected chi connectivity index (χ0v) is 17.5. The van der Waals surface area contributed by atoms with E-state index in [2.05, 4.69) is 9.97 Å². The molecule has 0 aliphatic carbocycles. The SMILES string of the molecule is COc1cccc(-c2nc(SC)nc3cc(C(C)(C)C)c(C(N)=O)c(N)c23)c1. The molecule has 3 rings (SSSR count). The lowest BCUT2D eigenvalue weighted by atomic mass is 9.81. The van der Waals surface area contributed by atoms with Crippen LogP contribution in [0, 0.1) is 0 Å². The number of primary amides is 1. The summed E-state index contributed by atoms with van der Waals surface area (Å²) >= 11 is 1.45. The lowest BCUT2D eigenvalue weighted by molar-refractivity contribution is 0.0999. The Morgan fingerprint density at radius 3 is 2.46 bits per heavy atom. The summed E-state index contributed by atoms with van der Waals surface area (Å²) in [5.41, 5.74) is 15.4. The van der Waals surface area contributed by atoms with Gasteiger partial charge in [-0.2, -0.15) is 0 Å². The number of thioether (sulfide) groups is 1. The first-order valence-corrected chi connectivity index (χ1v) is 10.0. The number of aromatic nitrogens is 2. The van der Waals surface area contributed by atoms with Crippen molar-refractivity contribution in [3.63, 3.8) is 0 Å². The first-order valence-electron chi connectivity index (χ1n) is 8.80. The number of methoxy groups -OCH3 is 1. The zero-order valence-electron chi connectivity index (χ0n) is 16.7. The predicted molar refractivity (Wildman–Crippen MR) is 115 cm³/mol. The topological polar surface area (TPSA) is 104 Å². The van der Waals surface area contributed by atoms with Crippen LogP contribution in [0.3, 0.4) is 0 Å². The van der Waals surface area contributed by atoms with Gasteiger partial charge in [0, 0.05) is 5.56 Å². The number of amides is 1. The Hall–Kier alpha value is -2.80. The third kappa shape index (κ3) is 3.49. The van der Waals surface area contributed by atoms with Gasteiger partial charge in [-0.25, -0.2) is 9.97 Å². The molecule has 0 saturated heterocycles. The number of fused-ring (bicyclic) bond motifs is 1. The lowest BCUT2D eigenvalue weighted by Gasteiger charge is -2.24. The van der Waals surface area contributed by atoms with Gasteiger partial charge in [-0.1, -0.05) is 44.7 Å². The zero-order chi connectivity index (χ0) is 20.6. The van der Waals surface area contributed by atoms with Gasteiger partial charge in [0.25, 0.3) is 5.91 Å². The molecule has 7 heteroatoms. The van der Waals surface area contributed by atoms with Crippen LogP contribution in [0.25, 0.3) is 22.2 Å². The quantitative estimate of drug-likeness (QED) is 0.392. The molecule has 3 aromatic rings. The smallest absolute Gasteiger partial charge is 0.251 e. The summed E-state index contributed by atoms with van der Waals surface area (Å²) in [7, 11) is 1.61. The van der Waals surface area contributed by atoms with Gasteiger partial charge in [0.15, 0.2) is 5.16 Å². The van der Waals surface area contributed by atoms with Gasteiger partial charge in [-0.05, 0) is 35.4 Å². The predicted octanol–water partition coefficient (Wildman–Crippen LogP) is 4.01. The van der Waals surface area contributed by atoms with Gasteiger partial charge in [-0.3, -0.25) is 4.79 Å². The highest BCUT2D eigenvalue weighted by molar-refractivity contribution is 7.98. The van der Waals surface area contributed by atoms with E-state index in [4.69, 9.17) is 16.2 Å². The molecule has 0 atom stereocenters. The molecule has 0 bridgehead atoms. The molecule has 0 aliphatic heterocycles. The van der Waals surface area contributed by atoms with E-state index in [1.807, 2.05) is 57.4 Å². The van der Waals surface area contributed by atoms with Crippen LogP contribution in [0.4, 0.5) is 5.69 Å². The third-order valence-corrected chi connectivity index (χ3v) is 5.13. The fraction of sp³-hybridized carbons (Fsp3) is 0.286. The van der Waals surface area contributed by atoms with Crippen molar-refractivity contribution < 1.29 is 9.53 Å². The molecule has 0 saturated carbocycles. The maximum Gasteiger partial charge on any atom is 0.251 e. The lowest BCUT2D eigenvalue weighted by Crippen LogP contribution is -2.23. The van der Waals surface area contributed by atoms with Crippen molar-refractivity contribution in [2.45, 2.75) is 31.3 Å². The highest BCUT2D eigenvalue weighted by Gasteiger charge is 2.27. The van der Waals surface area contributed by atoms with Crippen LogP contribution >= 0.6 is 11.8 Å². The van der Waals surface area contributed by atoms with Gasteiger partial charge < -0.3 is 16.2 Å². The van der Waals surface area contributed by atoms with Crippen LogP contribution in [0.15, 0.2) is 35.5 Å². The molecule has 0 radical (unpaired) electrons. The van der Waals surface area contributed by atoms with Crippen LogP contribution in [-0.2, 0) is 5.41 Å². The Labute approximate surface area is 168 Å². The number of rotatable bonds is 4. The number of ether oxygens (including phenoxy) is 1. The van der Waals surface area contributed by atoms with E-state index in [-0.39, 0.29) is 5.41 Å². The molecule has 4 N–H and O–H groups in total. The molecular formula is C21H24N4O2S. The molecular weight excluding hydrogens is 372 g/mol. The van der Waals surface area contributed by atoms with Crippen LogP contribution in [0.5, 0.6) is 5.75 Å². The van der Waals surface area contributed by atoms with E-state index in [0.29, 0.717) is 38.8 Å². The molecule has 0 fully saturated rings. The molecule has 6 nitrogen and oxygen atoms in total.